The number of hydrogen-bond donors (Lipinski definition) is 2. The molecule has 7 heteroatoms. The van der Waals surface area contributed by atoms with E-state index in [1.165, 1.54) is 0 Å². The van der Waals surface area contributed by atoms with Crippen LogP contribution in [0.4, 0.5) is 4.79 Å². The molecule has 2 rings (SSSR count). The zero-order valence-electron chi connectivity index (χ0n) is 9.27. The van der Waals surface area contributed by atoms with Gasteiger partial charge in [0.25, 0.3) is 0 Å². The summed E-state index contributed by atoms with van der Waals surface area (Å²) in [6, 6.07) is -0.456. The van der Waals surface area contributed by atoms with Crippen molar-refractivity contribution in [2.24, 2.45) is 0 Å². The predicted octanol–water partition coefficient (Wildman–Crippen LogP) is -1.21. The molecule has 2 amide bonds. The van der Waals surface area contributed by atoms with Crippen LogP contribution in [-0.2, 0) is 9.84 Å². The number of carbonyl (C=O) groups is 1. The third-order valence-corrected chi connectivity index (χ3v) is 4.79. The summed E-state index contributed by atoms with van der Waals surface area (Å²) in [6.07, 6.45) is 0. The molecule has 2 saturated heterocycles. The summed E-state index contributed by atoms with van der Waals surface area (Å²) in [5.74, 6) is 0.232. The lowest BCUT2D eigenvalue weighted by Crippen LogP contribution is -2.60. The van der Waals surface area contributed by atoms with Crippen molar-refractivity contribution in [3.8, 4) is 0 Å². The van der Waals surface area contributed by atoms with Gasteiger partial charge in [0.15, 0.2) is 9.84 Å². The molecule has 0 radical (unpaired) electrons. The van der Waals surface area contributed by atoms with E-state index in [9.17, 15) is 13.2 Å². The van der Waals surface area contributed by atoms with E-state index in [-0.39, 0.29) is 29.6 Å². The molecule has 0 spiro atoms. The van der Waals surface area contributed by atoms with Crippen LogP contribution in [0.25, 0.3) is 0 Å². The number of fused-ring (bicyclic) bond motifs is 1. The highest BCUT2D eigenvalue weighted by Gasteiger charge is 2.44. The molecular weight excluding hydrogens is 230 g/mol. The Hall–Kier alpha value is -0.820. The van der Waals surface area contributed by atoms with Crippen molar-refractivity contribution in [3.63, 3.8) is 0 Å². The molecule has 6 nitrogen and oxygen atoms in total. The third kappa shape index (κ3) is 2.15. The summed E-state index contributed by atoms with van der Waals surface area (Å²) in [7, 11) is -2.99. The molecule has 0 unspecified atom stereocenters. The molecule has 2 N–H and O–H groups in total. The largest absolute Gasteiger partial charge is 0.338 e. The smallest absolute Gasteiger partial charge is 0.317 e. The van der Waals surface area contributed by atoms with Crippen LogP contribution in [0.3, 0.4) is 0 Å². The molecule has 0 aromatic heterocycles. The third-order valence-electron chi connectivity index (χ3n) is 3.07. The molecule has 0 saturated carbocycles. The molecule has 2 atom stereocenters. The average molecular weight is 247 g/mol. The van der Waals surface area contributed by atoms with Crippen LogP contribution < -0.4 is 10.6 Å². The fourth-order valence-corrected chi connectivity index (χ4v) is 4.33. The molecule has 2 fully saturated rings. The van der Waals surface area contributed by atoms with Gasteiger partial charge in [-0.3, -0.25) is 0 Å². The quantitative estimate of drug-likeness (QED) is 0.609. The zero-order valence-corrected chi connectivity index (χ0v) is 10.1. The number of carbonyl (C=O) groups excluding carboxylic acids is 1. The van der Waals surface area contributed by atoms with E-state index in [2.05, 4.69) is 10.6 Å². The minimum absolute atomic E-state index is 0.0851. The van der Waals surface area contributed by atoms with Crippen LogP contribution in [-0.4, -0.2) is 62.6 Å². The first kappa shape index (κ1) is 11.7. The van der Waals surface area contributed by atoms with Crippen LogP contribution in [0.1, 0.15) is 6.92 Å². The van der Waals surface area contributed by atoms with Crippen LogP contribution >= 0.6 is 0 Å². The van der Waals surface area contributed by atoms with Gasteiger partial charge in [0.1, 0.15) is 0 Å². The van der Waals surface area contributed by atoms with Crippen molar-refractivity contribution in [1.82, 2.24) is 15.5 Å². The number of amides is 2. The van der Waals surface area contributed by atoms with Crippen molar-refractivity contribution in [3.05, 3.63) is 0 Å². The molecule has 2 aliphatic rings. The highest BCUT2D eigenvalue weighted by atomic mass is 32.2. The summed E-state index contributed by atoms with van der Waals surface area (Å²) in [5, 5.41) is 5.88. The molecule has 0 aromatic rings. The number of nitrogens with zero attached hydrogens (tertiary/aromatic N) is 1. The first-order chi connectivity index (χ1) is 7.53. The molecule has 0 aliphatic carbocycles. The number of sulfone groups is 1. The highest BCUT2D eigenvalue weighted by molar-refractivity contribution is 7.91. The Labute approximate surface area is 95.3 Å². The van der Waals surface area contributed by atoms with E-state index in [0.717, 1.165) is 0 Å². The lowest BCUT2D eigenvalue weighted by atomic mass is 10.1. The van der Waals surface area contributed by atoms with Crippen LogP contribution in [0, 0.1) is 0 Å². The van der Waals surface area contributed by atoms with E-state index in [1.807, 2.05) is 6.92 Å². The van der Waals surface area contributed by atoms with Crippen molar-refractivity contribution < 1.29 is 13.2 Å². The summed E-state index contributed by atoms with van der Waals surface area (Å²) < 4.78 is 23.0. The second-order valence-electron chi connectivity index (χ2n) is 4.23. The molecule has 16 heavy (non-hydrogen) atoms. The number of piperazine rings is 1. The summed E-state index contributed by atoms with van der Waals surface area (Å²) in [4.78, 5) is 13.4. The summed E-state index contributed by atoms with van der Waals surface area (Å²) in [6.45, 7) is 3.65. The monoisotopic (exact) mass is 247 g/mol. The lowest BCUT2D eigenvalue weighted by Gasteiger charge is -2.37. The summed E-state index contributed by atoms with van der Waals surface area (Å²) >= 11 is 0. The van der Waals surface area contributed by atoms with Crippen molar-refractivity contribution in [2.75, 3.05) is 31.1 Å². The van der Waals surface area contributed by atoms with Crippen LogP contribution in [0.5, 0.6) is 0 Å². The average Bonchev–Trinajstić information content (AvgIpc) is 2.51. The molecular formula is C9H17N3O3S. The van der Waals surface area contributed by atoms with Gasteiger partial charge in [-0.05, 0) is 6.92 Å². The summed E-state index contributed by atoms with van der Waals surface area (Å²) in [5.41, 5.74) is 0. The lowest BCUT2D eigenvalue weighted by molar-refractivity contribution is 0.152. The maximum atomic E-state index is 11.7. The van der Waals surface area contributed by atoms with E-state index in [1.54, 1.807) is 4.90 Å². The molecule has 2 heterocycles. The van der Waals surface area contributed by atoms with Crippen molar-refractivity contribution >= 4 is 15.9 Å². The molecule has 0 bridgehead atoms. The minimum atomic E-state index is -2.99. The van der Waals surface area contributed by atoms with Crippen molar-refractivity contribution in [1.29, 1.82) is 0 Å². The van der Waals surface area contributed by atoms with E-state index in [4.69, 9.17) is 0 Å². The van der Waals surface area contributed by atoms with Gasteiger partial charge in [-0.1, -0.05) is 0 Å². The van der Waals surface area contributed by atoms with Crippen molar-refractivity contribution in [2.45, 2.75) is 19.0 Å². The van der Waals surface area contributed by atoms with Gasteiger partial charge in [-0.2, -0.15) is 0 Å². The molecule has 0 aromatic carbocycles. The van der Waals surface area contributed by atoms with Crippen LogP contribution in [0.2, 0.25) is 0 Å². The SMILES string of the molecule is CCNC(=O)N1CCN[C@H]2CS(=O)(=O)C[C@H]21. The van der Waals surface area contributed by atoms with E-state index >= 15 is 0 Å². The predicted molar refractivity (Wildman–Crippen MR) is 60.0 cm³/mol. The number of nitrogens with one attached hydrogen (secondary N) is 2. The Morgan fingerprint density at radius 3 is 2.94 bits per heavy atom. The fraction of sp³-hybridized carbons (Fsp3) is 0.889. The van der Waals surface area contributed by atoms with Crippen LogP contribution in [0.15, 0.2) is 0 Å². The van der Waals surface area contributed by atoms with E-state index < -0.39 is 9.84 Å². The van der Waals surface area contributed by atoms with Gasteiger partial charge in [0.2, 0.25) is 0 Å². The van der Waals surface area contributed by atoms with Gasteiger partial charge in [0.05, 0.1) is 17.5 Å². The molecule has 92 valence electrons. The maximum absolute atomic E-state index is 11.7. The molecule has 2 aliphatic heterocycles. The Morgan fingerprint density at radius 1 is 1.50 bits per heavy atom. The second-order valence-corrected chi connectivity index (χ2v) is 6.39. The Morgan fingerprint density at radius 2 is 2.25 bits per heavy atom. The topological polar surface area (TPSA) is 78.5 Å². The number of hydrogen-bond acceptors (Lipinski definition) is 4. The maximum Gasteiger partial charge on any atom is 0.317 e. The first-order valence-electron chi connectivity index (χ1n) is 5.52. The first-order valence-corrected chi connectivity index (χ1v) is 7.34. The van der Waals surface area contributed by atoms with Gasteiger partial charge in [0, 0.05) is 25.7 Å². The Kier molecular flexibility index (Phi) is 3.07. The second kappa shape index (κ2) is 4.21. The van der Waals surface area contributed by atoms with Gasteiger partial charge in [-0.15, -0.1) is 0 Å². The van der Waals surface area contributed by atoms with Gasteiger partial charge in [-0.25, -0.2) is 13.2 Å². The number of urea groups is 1. The minimum Gasteiger partial charge on any atom is -0.338 e. The highest BCUT2D eigenvalue weighted by Crippen LogP contribution is 2.21. The normalized spacial score (nSPS) is 32.2. The van der Waals surface area contributed by atoms with Gasteiger partial charge >= 0.3 is 6.03 Å². The van der Waals surface area contributed by atoms with Gasteiger partial charge < -0.3 is 15.5 Å². The Balaban J connectivity index is 2.13. The standard InChI is InChI=1S/C9H17N3O3S/c1-2-10-9(13)12-4-3-11-7-5-16(14,15)6-8(7)12/h7-8,11H,2-6H2,1H3,(H,10,13)/t7-,8+/m0/s1. The van der Waals surface area contributed by atoms with E-state index in [0.29, 0.717) is 19.6 Å². The Bertz CT molecular complexity index is 381. The number of rotatable bonds is 1. The zero-order chi connectivity index (χ0) is 11.8. The fourth-order valence-electron chi connectivity index (χ4n) is 2.37.